The summed E-state index contributed by atoms with van der Waals surface area (Å²) in [5, 5.41) is 11.9. The fourth-order valence-corrected chi connectivity index (χ4v) is 6.30. The molecule has 1 aromatic carbocycles. The van der Waals surface area contributed by atoms with Crippen LogP contribution < -0.4 is 0 Å². The van der Waals surface area contributed by atoms with Gasteiger partial charge in [-0.2, -0.15) is 0 Å². The van der Waals surface area contributed by atoms with Gasteiger partial charge in [-0.15, -0.1) is 23.5 Å². The molecule has 0 saturated carbocycles. The first-order valence-corrected chi connectivity index (χ1v) is 11.5. The fourth-order valence-electron chi connectivity index (χ4n) is 3.60. The van der Waals surface area contributed by atoms with Gasteiger partial charge < -0.3 is 4.98 Å². The molecule has 0 aliphatic carbocycles. The Bertz CT molecular complexity index is 840. The zero-order valence-electron chi connectivity index (χ0n) is 16.4. The molecule has 0 spiro atoms. The number of nitro groups is 1. The minimum Gasteiger partial charge on any atom is -0.364 e. The first-order chi connectivity index (χ1) is 13.3. The van der Waals surface area contributed by atoms with Crippen LogP contribution in [0.3, 0.4) is 0 Å². The van der Waals surface area contributed by atoms with Gasteiger partial charge in [0.1, 0.15) is 4.58 Å². The summed E-state index contributed by atoms with van der Waals surface area (Å²) in [6, 6.07) is 9.27. The fraction of sp³-hybridized carbons (Fsp3) is 0.476. The maximum Gasteiger partial charge on any atom is 0.224 e. The van der Waals surface area contributed by atoms with Crippen LogP contribution in [0.5, 0.6) is 0 Å². The lowest BCUT2D eigenvalue weighted by Gasteiger charge is -2.28. The van der Waals surface area contributed by atoms with Crippen LogP contribution in [-0.2, 0) is 11.2 Å². The number of aromatic nitrogens is 1. The van der Waals surface area contributed by atoms with Gasteiger partial charge in [0.25, 0.3) is 0 Å². The van der Waals surface area contributed by atoms with Crippen LogP contribution in [0.2, 0.25) is 0 Å². The third-order valence-electron chi connectivity index (χ3n) is 5.26. The van der Waals surface area contributed by atoms with E-state index in [-0.39, 0.29) is 28.1 Å². The Hall–Kier alpha value is -1.73. The Balaban J connectivity index is 1.80. The summed E-state index contributed by atoms with van der Waals surface area (Å²) >= 11 is 3.31. The van der Waals surface area contributed by atoms with Gasteiger partial charge in [0.2, 0.25) is 6.04 Å². The van der Waals surface area contributed by atoms with Crippen LogP contribution in [0, 0.1) is 22.5 Å². The van der Waals surface area contributed by atoms with E-state index in [9.17, 15) is 14.9 Å². The maximum absolute atomic E-state index is 12.6. The molecule has 1 aliphatic rings. The number of rotatable bonds is 8. The molecular formula is C21H26N2O3S2. The smallest absolute Gasteiger partial charge is 0.224 e. The summed E-state index contributed by atoms with van der Waals surface area (Å²) in [6.45, 7) is 5.72. The summed E-state index contributed by atoms with van der Waals surface area (Å²) in [5.41, 5.74) is 3.31. The van der Waals surface area contributed by atoms with E-state index in [1.807, 2.05) is 57.3 Å². The third-order valence-corrected chi connectivity index (χ3v) is 8.35. The third kappa shape index (κ3) is 4.81. The quantitative estimate of drug-likeness (QED) is 0.484. The van der Waals surface area contributed by atoms with E-state index >= 15 is 0 Å². The molecule has 150 valence electrons. The molecule has 2 aromatic rings. The Labute approximate surface area is 174 Å². The number of ketones is 1. The van der Waals surface area contributed by atoms with E-state index in [1.54, 1.807) is 23.5 Å². The van der Waals surface area contributed by atoms with Crippen LogP contribution in [0.15, 0.2) is 36.5 Å². The van der Waals surface area contributed by atoms with Crippen molar-refractivity contribution in [3.8, 4) is 11.1 Å². The van der Waals surface area contributed by atoms with E-state index in [0.29, 0.717) is 0 Å². The van der Waals surface area contributed by atoms with Crippen molar-refractivity contribution in [3.63, 3.8) is 0 Å². The number of carbonyl (C=O) groups is 1. The number of benzene rings is 1. The predicted molar refractivity (Wildman–Crippen MR) is 118 cm³/mol. The molecular weight excluding hydrogens is 392 g/mol. The highest BCUT2D eigenvalue weighted by Gasteiger charge is 2.42. The van der Waals surface area contributed by atoms with Crippen molar-refractivity contribution in [1.29, 1.82) is 0 Å². The van der Waals surface area contributed by atoms with Crippen LogP contribution >= 0.6 is 23.5 Å². The average molecular weight is 419 g/mol. The minimum atomic E-state index is -0.837. The molecule has 7 heteroatoms. The Morgan fingerprint density at radius 2 is 1.89 bits per heavy atom. The summed E-state index contributed by atoms with van der Waals surface area (Å²) in [5.74, 6) is 2.07. The number of aryl methyl sites for hydroxylation is 1. The van der Waals surface area contributed by atoms with Gasteiger partial charge in [-0.3, -0.25) is 14.9 Å². The lowest BCUT2D eigenvalue weighted by molar-refractivity contribution is -0.540. The van der Waals surface area contributed by atoms with Crippen molar-refractivity contribution >= 4 is 29.3 Å². The number of aromatic amines is 1. The zero-order chi connectivity index (χ0) is 20.3. The molecule has 1 N–H and O–H groups in total. The second kappa shape index (κ2) is 8.74. The molecule has 5 nitrogen and oxygen atoms in total. The first-order valence-electron chi connectivity index (χ1n) is 9.40. The second-order valence-electron chi connectivity index (χ2n) is 7.95. The molecule has 28 heavy (non-hydrogen) atoms. The average Bonchev–Trinajstić information content (AvgIpc) is 3.31. The largest absolute Gasteiger partial charge is 0.364 e. The van der Waals surface area contributed by atoms with Gasteiger partial charge in [-0.05, 0) is 18.6 Å². The summed E-state index contributed by atoms with van der Waals surface area (Å²) in [4.78, 5) is 27.5. The van der Waals surface area contributed by atoms with Crippen molar-refractivity contribution in [3.05, 3.63) is 57.9 Å². The number of hydrogen-bond acceptors (Lipinski definition) is 5. The van der Waals surface area contributed by atoms with Gasteiger partial charge >= 0.3 is 0 Å². The molecule has 1 fully saturated rings. The van der Waals surface area contributed by atoms with E-state index in [1.165, 1.54) is 5.56 Å². The summed E-state index contributed by atoms with van der Waals surface area (Å²) in [6.07, 6.45) is 2.32. The number of nitrogens with one attached hydrogen (secondary N) is 1. The van der Waals surface area contributed by atoms with Crippen LogP contribution in [0.25, 0.3) is 11.1 Å². The number of nitrogens with zero attached hydrogens (tertiary/aromatic N) is 1. The highest BCUT2D eigenvalue weighted by atomic mass is 32.2. The van der Waals surface area contributed by atoms with E-state index in [2.05, 4.69) is 4.98 Å². The zero-order valence-corrected chi connectivity index (χ0v) is 18.1. The molecule has 1 aromatic heterocycles. The SMILES string of the molecule is Cc1ccc(-c2cc[nH]c2CC([N+](=O)[O-])C(C)(C)CC(=O)C2SCCS2)cc1. The number of hydrogen-bond donors (Lipinski definition) is 1. The van der Waals surface area contributed by atoms with Gasteiger partial charge in [0.15, 0.2) is 5.78 Å². The van der Waals surface area contributed by atoms with E-state index in [4.69, 9.17) is 0 Å². The van der Waals surface area contributed by atoms with Crippen LogP contribution in [-0.4, -0.2) is 37.8 Å². The number of thioether (sulfide) groups is 2. The number of carbonyl (C=O) groups excluding carboxylic acids is 1. The van der Waals surface area contributed by atoms with E-state index in [0.717, 1.165) is 28.3 Å². The molecule has 0 radical (unpaired) electrons. The van der Waals surface area contributed by atoms with Crippen molar-refractivity contribution in [2.24, 2.45) is 5.41 Å². The first kappa shape index (κ1) is 21.0. The second-order valence-corrected chi connectivity index (χ2v) is 10.7. The molecule has 1 unspecified atom stereocenters. The van der Waals surface area contributed by atoms with Gasteiger partial charge in [0, 0.05) is 45.7 Å². The van der Waals surface area contributed by atoms with Crippen LogP contribution in [0.4, 0.5) is 0 Å². The lowest BCUT2D eigenvalue weighted by atomic mass is 9.78. The molecule has 2 heterocycles. The molecule has 1 saturated heterocycles. The molecule has 1 atom stereocenters. The lowest BCUT2D eigenvalue weighted by Crippen LogP contribution is -2.40. The monoisotopic (exact) mass is 418 g/mol. The van der Waals surface area contributed by atoms with Crippen molar-refractivity contribution in [2.75, 3.05) is 11.5 Å². The van der Waals surface area contributed by atoms with Gasteiger partial charge in [-0.25, -0.2) is 0 Å². The number of Topliss-reactive ketones (excluding diaryl/α,β-unsaturated/α-hetero) is 1. The number of H-pyrrole nitrogens is 1. The topological polar surface area (TPSA) is 76.0 Å². The molecule has 3 rings (SSSR count). The Morgan fingerprint density at radius 3 is 2.50 bits per heavy atom. The van der Waals surface area contributed by atoms with Crippen molar-refractivity contribution in [1.82, 2.24) is 4.98 Å². The summed E-state index contributed by atoms with van der Waals surface area (Å²) < 4.78 is -0.0692. The highest BCUT2D eigenvalue weighted by Crippen LogP contribution is 2.38. The highest BCUT2D eigenvalue weighted by molar-refractivity contribution is 8.21. The van der Waals surface area contributed by atoms with Gasteiger partial charge in [0.05, 0.1) is 6.42 Å². The maximum atomic E-state index is 12.6. The van der Waals surface area contributed by atoms with Gasteiger partial charge in [-0.1, -0.05) is 43.7 Å². The molecule has 0 amide bonds. The predicted octanol–water partition coefficient (Wildman–Crippen LogP) is 4.97. The molecule has 0 bridgehead atoms. The van der Waals surface area contributed by atoms with Crippen molar-refractivity contribution in [2.45, 2.75) is 44.2 Å². The Kier molecular flexibility index (Phi) is 6.55. The van der Waals surface area contributed by atoms with Crippen molar-refractivity contribution < 1.29 is 9.72 Å². The van der Waals surface area contributed by atoms with Crippen LogP contribution in [0.1, 0.15) is 31.5 Å². The van der Waals surface area contributed by atoms with E-state index < -0.39 is 11.5 Å². The standard InChI is InChI=1S/C21H26N2O3S2/c1-14-4-6-15(7-5-14)16-8-9-22-17(16)12-19(23(25)26)21(2,3)13-18(24)20-27-10-11-28-20/h4-9,19-20,22H,10-13H2,1-3H3. The summed E-state index contributed by atoms with van der Waals surface area (Å²) in [7, 11) is 0. The Morgan fingerprint density at radius 1 is 1.25 bits per heavy atom. The minimum absolute atomic E-state index is 0.0692. The normalized spacial score (nSPS) is 16.2. The molecule has 1 aliphatic heterocycles.